The lowest BCUT2D eigenvalue weighted by molar-refractivity contribution is -0.117. The van der Waals surface area contributed by atoms with Gasteiger partial charge in [0.25, 0.3) is 0 Å². The second-order valence-electron chi connectivity index (χ2n) is 7.00. The van der Waals surface area contributed by atoms with Crippen LogP contribution in [-0.4, -0.2) is 42.6 Å². The van der Waals surface area contributed by atoms with Crippen LogP contribution in [0.2, 0.25) is 0 Å². The fourth-order valence-corrected chi connectivity index (χ4v) is 3.74. The number of urea groups is 1. The van der Waals surface area contributed by atoms with Crippen LogP contribution in [0.1, 0.15) is 19.3 Å². The van der Waals surface area contributed by atoms with Crippen molar-refractivity contribution in [2.45, 2.75) is 25.3 Å². The monoisotopic (exact) mass is 383 g/mol. The molecule has 0 bridgehead atoms. The van der Waals surface area contributed by atoms with Gasteiger partial charge in [-0.1, -0.05) is 12.1 Å². The SMILES string of the molecule is O=C(Nc1ccccc1N1CCCC1=O)NC1CCN(c2ncccc2F)C1. The molecule has 2 aliphatic heterocycles. The molecule has 3 amide bonds. The summed E-state index contributed by atoms with van der Waals surface area (Å²) in [5.74, 6) is 0.0142. The Balaban J connectivity index is 1.38. The zero-order valence-corrected chi connectivity index (χ0v) is 15.4. The van der Waals surface area contributed by atoms with E-state index in [1.807, 2.05) is 23.1 Å². The zero-order chi connectivity index (χ0) is 19.5. The first-order valence-electron chi connectivity index (χ1n) is 9.44. The first-order chi connectivity index (χ1) is 13.6. The van der Waals surface area contributed by atoms with Crippen LogP contribution in [0.5, 0.6) is 0 Å². The molecule has 2 aliphatic rings. The molecule has 1 unspecified atom stereocenters. The normalized spacial score (nSPS) is 19.2. The van der Waals surface area contributed by atoms with Crippen LogP contribution in [0.4, 0.5) is 26.4 Å². The Kier molecular flexibility index (Phi) is 5.10. The highest BCUT2D eigenvalue weighted by molar-refractivity contribution is 6.01. The van der Waals surface area contributed by atoms with E-state index < -0.39 is 0 Å². The number of halogens is 1. The van der Waals surface area contributed by atoms with Gasteiger partial charge in [0.15, 0.2) is 11.6 Å². The van der Waals surface area contributed by atoms with Gasteiger partial charge in [-0.25, -0.2) is 14.2 Å². The second kappa shape index (κ2) is 7.84. The van der Waals surface area contributed by atoms with Gasteiger partial charge in [-0.05, 0) is 37.1 Å². The maximum absolute atomic E-state index is 13.9. The van der Waals surface area contributed by atoms with E-state index in [2.05, 4.69) is 15.6 Å². The maximum atomic E-state index is 13.9. The summed E-state index contributed by atoms with van der Waals surface area (Å²) < 4.78 is 13.9. The lowest BCUT2D eigenvalue weighted by Gasteiger charge is -2.21. The minimum absolute atomic E-state index is 0.0680. The molecule has 1 atom stereocenters. The number of hydrogen-bond donors (Lipinski definition) is 2. The van der Waals surface area contributed by atoms with Crippen LogP contribution in [0.25, 0.3) is 0 Å². The molecule has 2 N–H and O–H groups in total. The number of carbonyl (C=O) groups is 2. The number of aromatic nitrogens is 1. The molecule has 3 heterocycles. The summed E-state index contributed by atoms with van der Waals surface area (Å²) in [7, 11) is 0. The van der Waals surface area contributed by atoms with E-state index in [1.54, 1.807) is 23.2 Å². The third-order valence-electron chi connectivity index (χ3n) is 5.08. The number of hydrogen-bond acceptors (Lipinski definition) is 4. The molecule has 1 aromatic carbocycles. The van der Waals surface area contributed by atoms with E-state index in [4.69, 9.17) is 0 Å². The van der Waals surface area contributed by atoms with Crippen molar-refractivity contribution >= 4 is 29.1 Å². The van der Waals surface area contributed by atoms with Gasteiger partial charge < -0.3 is 20.4 Å². The van der Waals surface area contributed by atoms with E-state index in [-0.39, 0.29) is 23.8 Å². The van der Waals surface area contributed by atoms with Gasteiger partial charge in [-0.15, -0.1) is 0 Å². The van der Waals surface area contributed by atoms with E-state index in [0.717, 1.165) is 6.42 Å². The Labute approximate surface area is 162 Å². The van der Waals surface area contributed by atoms with Gasteiger partial charge >= 0.3 is 6.03 Å². The summed E-state index contributed by atoms with van der Waals surface area (Å²) in [6, 6.07) is 9.77. The van der Waals surface area contributed by atoms with Crippen molar-refractivity contribution in [3.63, 3.8) is 0 Å². The minimum Gasteiger partial charge on any atom is -0.352 e. The van der Waals surface area contributed by atoms with Crippen LogP contribution < -0.4 is 20.4 Å². The fourth-order valence-electron chi connectivity index (χ4n) is 3.74. The standard InChI is InChI=1S/C20H22FN5O2/c21-15-5-3-10-22-19(15)25-12-9-14(13-25)23-20(28)24-16-6-1-2-7-17(16)26-11-4-8-18(26)27/h1-3,5-7,10,14H,4,8-9,11-13H2,(H2,23,24,28). The molecule has 0 aliphatic carbocycles. The molecule has 8 heteroatoms. The Morgan fingerprint density at radius 3 is 2.82 bits per heavy atom. The largest absolute Gasteiger partial charge is 0.352 e. The second-order valence-corrected chi connectivity index (χ2v) is 7.00. The van der Waals surface area contributed by atoms with Crippen LogP contribution >= 0.6 is 0 Å². The smallest absolute Gasteiger partial charge is 0.319 e. The number of benzene rings is 1. The summed E-state index contributed by atoms with van der Waals surface area (Å²) in [4.78, 5) is 32.2. The molecule has 0 spiro atoms. The summed E-state index contributed by atoms with van der Waals surface area (Å²) in [6.07, 6.45) is 3.61. The number of rotatable bonds is 4. The van der Waals surface area contributed by atoms with Crippen molar-refractivity contribution < 1.29 is 14.0 Å². The first-order valence-corrected chi connectivity index (χ1v) is 9.44. The summed E-state index contributed by atoms with van der Waals surface area (Å²) in [5, 5.41) is 5.78. The molecule has 2 fully saturated rings. The fraction of sp³-hybridized carbons (Fsp3) is 0.350. The number of amides is 3. The Hall–Kier alpha value is -3.16. The molecule has 28 heavy (non-hydrogen) atoms. The van der Waals surface area contributed by atoms with Gasteiger partial charge in [0.1, 0.15) is 0 Å². The lowest BCUT2D eigenvalue weighted by Crippen LogP contribution is -2.40. The van der Waals surface area contributed by atoms with E-state index in [0.29, 0.717) is 49.7 Å². The molecular formula is C20H22FN5O2. The van der Waals surface area contributed by atoms with Crippen molar-refractivity contribution in [2.75, 3.05) is 34.8 Å². The highest BCUT2D eigenvalue weighted by Crippen LogP contribution is 2.29. The van der Waals surface area contributed by atoms with Gasteiger partial charge in [0.2, 0.25) is 5.91 Å². The summed E-state index contributed by atoms with van der Waals surface area (Å²) >= 11 is 0. The molecule has 1 aromatic heterocycles. The Morgan fingerprint density at radius 1 is 1.18 bits per heavy atom. The highest BCUT2D eigenvalue weighted by Gasteiger charge is 2.27. The van der Waals surface area contributed by atoms with E-state index >= 15 is 0 Å². The average molecular weight is 383 g/mol. The van der Waals surface area contributed by atoms with Crippen molar-refractivity contribution in [1.29, 1.82) is 0 Å². The topological polar surface area (TPSA) is 77.6 Å². The van der Waals surface area contributed by atoms with Crippen molar-refractivity contribution in [3.05, 3.63) is 48.4 Å². The van der Waals surface area contributed by atoms with Crippen LogP contribution in [0.3, 0.4) is 0 Å². The van der Waals surface area contributed by atoms with Crippen LogP contribution in [0.15, 0.2) is 42.6 Å². The molecule has 0 saturated carbocycles. The van der Waals surface area contributed by atoms with Crippen molar-refractivity contribution in [1.82, 2.24) is 10.3 Å². The molecule has 4 rings (SSSR count). The number of nitrogens with one attached hydrogen (secondary N) is 2. The highest BCUT2D eigenvalue weighted by atomic mass is 19.1. The number of nitrogens with zero attached hydrogens (tertiary/aromatic N) is 3. The molecule has 146 valence electrons. The maximum Gasteiger partial charge on any atom is 0.319 e. The van der Waals surface area contributed by atoms with Gasteiger partial charge in [-0.3, -0.25) is 4.79 Å². The number of carbonyl (C=O) groups excluding carboxylic acids is 2. The molecular weight excluding hydrogens is 361 g/mol. The van der Waals surface area contributed by atoms with Crippen molar-refractivity contribution in [2.24, 2.45) is 0 Å². The predicted octanol–water partition coefficient (Wildman–Crippen LogP) is 2.75. The van der Waals surface area contributed by atoms with Gasteiger partial charge in [-0.2, -0.15) is 0 Å². The third kappa shape index (κ3) is 3.76. The summed E-state index contributed by atoms with van der Waals surface area (Å²) in [5.41, 5.74) is 1.31. The zero-order valence-electron chi connectivity index (χ0n) is 15.4. The van der Waals surface area contributed by atoms with Gasteiger partial charge in [0, 0.05) is 38.3 Å². The number of para-hydroxylation sites is 2. The van der Waals surface area contributed by atoms with Crippen LogP contribution in [0, 0.1) is 5.82 Å². The predicted molar refractivity (Wildman–Crippen MR) is 105 cm³/mol. The first kappa shape index (κ1) is 18.2. The molecule has 0 radical (unpaired) electrons. The van der Waals surface area contributed by atoms with Crippen LogP contribution in [-0.2, 0) is 4.79 Å². The van der Waals surface area contributed by atoms with Crippen molar-refractivity contribution in [3.8, 4) is 0 Å². The molecule has 2 saturated heterocycles. The summed E-state index contributed by atoms with van der Waals surface area (Å²) in [6.45, 7) is 1.78. The van der Waals surface area contributed by atoms with E-state index in [1.165, 1.54) is 6.07 Å². The van der Waals surface area contributed by atoms with E-state index in [9.17, 15) is 14.0 Å². The number of anilines is 3. The minimum atomic E-state index is -0.364. The quantitative estimate of drug-likeness (QED) is 0.851. The Morgan fingerprint density at radius 2 is 2.04 bits per heavy atom. The molecule has 7 nitrogen and oxygen atoms in total. The average Bonchev–Trinajstić information content (AvgIpc) is 3.31. The lowest BCUT2D eigenvalue weighted by atomic mass is 10.2. The Bertz CT molecular complexity index is 890. The number of pyridine rings is 1. The van der Waals surface area contributed by atoms with Gasteiger partial charge in [0.05, 0.1) is 11.4 Å². The molecule has 2 aromatic rings. The third-order valence-corrected chi connectivity index (χ3v) is 5.08.